The van der Waals surface area contributed by atoms with Crippen LogP contribution in [-0.2, 0) is 19.1 Å². The van der Waals surface area contributed by atoms with E-state index in [2.05, 4.69) is 31.2 Å². The van der Waals surface area contributed by atoms with Crippen LogP contribution in [0, 0.1) is 0 Å². The van der Waals surface area contributed by atoms with Gasteiger partial charge in [-0.15, -0.1) is 0 Å². The standard InChI is InChI=1S/C25H40O6/c1-3-4-5-6-7-8-9-10-11-12-13-14-15-17-23(28)18-16-19-25(29)31-24(20-26)21-30-22(2)27/h7-8,10-11,13-15,17,23-24,26,28H,3-6,9,12,16,18-21H2,1-2H3/b8-7-,11-10-,14-13-,17-15+/t23-,24-/m0/s1. The van der Waals surface area contributed by atoms with Crippen molar-refractivity contribution in [1.29, 1.82) is 0 Å². The maximum Gasteiger partial charge on any atom is 0.306 e. The van der Waals surface area contributed by atoms with Crippen LogP contribution >= 0.6 is 0 Å². The van der Waals surface area contributed by atoms with Gasteiger partial charge in [-0.3, -0.25) is 9.59 Å². The number of aliphatic hydroxyl groups excluding tert-OH is 2. The van der Waals surface area contributed by atoms with Crippen LogP contribution < -0.4 is 0 Å². The molecule has 0 aliphatic carbocycles. The lowest BCUT2D eigenvalue weighted by Gasteiger charge is -2.15. The smallest absolute Gasteiger partial charge is 0.306 e. The molecule has 2 N–H and O–H groups in total. The molecule has 2 atom stereocenters. The van der Waals surface area contributed by atoms with Crippen LogP contribution in [0.3, 0.4) is 0 Å². The first-order valence-electron chi connectivity index (χ1n) is 11.2. The maximum absolute atomic E-state index is 11.7. The van der Waals surface area contributed by atoms with E-state index in [9.17, 15) is 14.7 Å². The summed E-state index contributed by atoms with van der Waals surface area (Å²) >= 11 is 0. The molecule has 0 aliphatic heterocycles. The molecule has 31 heavy (non-hydrogen) atoms. The van der Waals surface area contributed by atoms with E-state index < -0.39 is 30.8 Å². The molecular weight excluding hydrogens is 396 g/mol. The third kappa shape index (κ3) is 20.9. The van der Waals surface area contributed by atoms with E-state index in [-0.39, 0.29) is 13.0 Å². The Morgan fingerprint density at radius 1 is 0.968 bits per heavy atom. The summed E-state index contributed by atoms with van der Waals surface area (Å²) in [6, 6.07) is 0. The molecule has 0 saturated carbocycles. The minimum Gasteiger partial charge on any atom is -0.462 e. The summed E-state index contributed by atoms with van der Waals surface area (Å²) in [7, 11) is 0. The molecule has 0 amide bonds. The number of carbonyl (C=O) groups is 2. The van der Waals surface area contributed by atoms with Gasteiger partial charge in [0.15, 0.2) is 6.10 Å². The van der Waals surface area contributed by atoms with Crippen molar-refractivity contribution < 1.29 is 29.3 Å². The molecule has 6 nitrogen and oxygen atoms in total. The highest BCUT2D eigenvalue weighted by atomic mass is 16.6. The van der Waals surface area contributed by atoms with Gasteiger partial charge in [0.1, 0.15) is 6.61 Å². The molecule has 6 heteroatoms. The number of esters is 2. The Bertz CT molecular complexity index is 577. The van der Waals surface area contributed by atoms with Crippen LogP contribution in [0.15, 0.2) is 48.6 Å². The number of rotatable bonds is 18. The predicted molar refractivity (Wildman–Crippen MR) is 123 cm³/mol. The van der Waals surface area contributed by atoms with E-state index in [4.69, 9.17) is 14.6 Å². The van der Waals surface area contributed by atoms with Gasteiger partial charge in [0, 0.05) is 13.3 Å². The first-order chi connectivity index (χ1) is 15.0. The molecule has 0 fully saturated rings. The Labute approximate surface area is 187 Å². The lowest BCUT2D eigenvalue weighted by Crippen LogP contribution is -2.28. The molecule has 0 aromatic rings. The predicted octanol–water partition coefficient (Wildman–Crippen LogP) is 4.57. The van der Waals surface area contributed by atoms with Crippen LogP contribution in [0.2, 0.25) is 0 Å². The monoisotopic (exact) mass is 436 g/mol. The van der Waals surface area contributed by atoms with E-state index in [1.54, 1.807) is 12.2 Å². The Morgan fingerprint density at radius 2 is 1.68 bits per heavy atom. The fourth-order valence-corrected chi connectivity index (χ4v) is 2.56. The van der Waals surface area contributed by atoms with Gasteiger partial charge in [0.05, 0.1) is 12.7 Å². The molecule has 0 aromatic carbocycles. The second-order valence-corrected chi connectivity index (χ2v) is 7.28. The normalized spacial score (nSPS) is 14.1. The van der Waals surface area contributed by atoms with Gasteiger partial charge in [-0.05, 0) is 38.5 Å². The van der Waals surface area contributed by atoms with Crippen molar-refractivity contribution in [2.24, 2.45) is 0 Å². The average molecular weight is 437 g/mol. The lowest BCUT2D eigenvalue weighted by molar-refractivity contribution is -0.160. The molecular formula is C25H40O6. The summed E-state index contributed by atoms with van der Waals surface area (Å²) in [5, 5.41) is 19.0. The van der Waals surface area contributed by atoms with Crippen LogP contribution in [0.1, 0.15) is 71.6 Å². The highest BCUT2D eigenvalue weighted by Crippen LogP contribution is 2.06. The quantitative estimate of drug-likeness (QED) is 0.141. The van der Waals surface area contributed by atoms with E-state index in [0.717, 1.165) is 19.3 Å². The van der Waals surface area contributed by atoms with Gasteiger partial charge in [-0.1, -0.05) is 68.4 Å². The number of aliphatic hydroxyl groups is 2. The zero-order valence-corrected chi connectivity index (χ0v) is 19.1. The molecule has 0 rings (SSSR count). The Hall–Kier alpha value is -2.18. The minimum atomic E-state index is -0.859. The topological polar surface area (TPSA) is 93.1 Å². The van der Waals surface area contributed by atoms with Crippen LogP contribution in [0.25, 0.3) is 0 Å². The van der Waals surface area contributed by atoms with Crippen molar-refractivity contribution in [3.05, 3.63) is 48.6 Å². The lowest BCUT2D eigenvalue weighted by atomic mass is 10.1. The van der Waals surface area contributed by atoms with E-state index in [1.807, 2.05) is 12.2 Å². The van der Waals surface area contributed by atoms with Crippen molar-refractivity contribution in [2.75, 3.05) is 13.2 Å². The van der Waals surface area contributed by atoms with Crippen molar-refractivity contribution in [1.82, 2.24) is 0 Å². The Morgan fingerprint density at radius 3 is 2.35 bits per heavy atom. The molecule has 0 unspecified atom stereocenters. The maximum atomic E-state index is 11.7. The van der Waals surface area contributed by atoms with E-state index >= 15 is 0 Å². The van der Waals surface area contributed by atoms with Crippen LogP contribution in [-0.4, -0.2) is 47.6 Å². The Balaban J connectivity index is 3.84. The Kier molecular flexibility index (Phi) is 19.6. The number of unbranched alkanes of at least 4 members (excludes halogenated alkanes) is 3. The van der Waals surface area contributed by atoms with Gasteiger partial charge in [-0.2, -0.15) is 0 Å². The number of ether oxygens (including phenoxy) is 2. The fourth-order valence-electron chi connectivity index (χ4n) is 2.56. The molecule has 176 valence electrons. The first-order valence-corrected chi connectivity index (χ1v) is 11.2. The summed E-state index contributed by atoms with van der Waals surface area (Å²) < 4.78 is 9.74. The van der Waals surface area contributed by atoms with E-state index in [1.165, 1.54) is 26.2 Å². The fraction of sp³-hybridized carbons (Fsp3) is 0.600. The largest absolute Gasteiger partial charge is 0.462 e. The summed E-state index contributed by atoms with van der Waals surface area (Å²) in [6.45, 7) is 2.87. The molecule has 0 aromatic heterocycles. The summed E-state index contributed by atoms with van der Waals surface area (Å²) in [5.41, 5.74) is 0. The molecule has 0 bridgehead atoms. The number of hydrogen-bond acceptors (Lipinski definition) is 6. The van der Waals surface area contributed by atoms with Gasteiger partial charge >= 0.3 is 11.9 Å². The van der Waals surface area contributed by atoms with Crippen molar-refractivity contribution in [3.8, 4) is 0 Å². The minimum absolute atomic E-state index is 0.120. The third-order valence-electron chi connectivity index (χ3n) is 4.29. The van der Waals surface area contributed by atoms with Gasteiger partial charge in [-0.25, -0.2) is 0 Å². The third-order valence-corrected chi connectivity index (χ3v) is 4.29. The summed E-state index contributed by atoms with van der Waals surface area (Å²) in [5.74, 6) is -0.996. The highest BCUT2D eigenvalue weighted by molar-refractivity contribution is 5.69. The number of carbonyl (C=O) groups excluding carboxylic acids is 2. The SMILES string of the molecule is CCCCC/C=C\C/C=C\C/C=C\C=C\[C@H](O)CCCC(=O)O[C@@H](CO)COC(C)=O. The van der Waals surface area contributed by atoms with Gasteiger partial charge in [0.2, 0.25) is 0 Å². The molecule has 0 spiro atoms. The summed E-state index contributed by atoms with van der Waals surface area (Å²) in [4.78, 5) is 22.5. The van der Waals surface area contributed by atoms with Crippen molar-refractivity contribution in [3.63, 3.8) is 0 Å². The van der Waals surface area contributed by atoms with Crippen LogP contribution in [0.5, 0.6) is 0 Å². The zero-order valence-electron chi connectivity index (χ0n) is 19.1. The van der Waals surface area contributed by atoms with Gasteiger partial charge in [0.25, 0.3) is 0 Å². The molecule has 0 radical (unpaired) electrons. The number of hydrogen-bond donors (Lipinski definition) is 2. The number of allylic oxidation sites excluding steroid dienone is 7. The summed E-state index contributed by atoms with van der Waals surface area (Å²) in [6.07, 6.45) is 22.4. The molecule has 0 aliphatic rings. The molecule has 0 heterocycles. The van der Waals surface area contributed by atoms with Gasteiger partial charge < -0.3 is 19.7 Å². The second kappa shape index (κ2) is 21.1. The average Bonchev–Trinajstić information content (AvgIpc) is 2.74. The van der Waals surface area contributed by atoms with Crippen molar-refractivity contribution in [2.45, 2.75) is 83.8 Å². The second-order valence-electron chi connectivity index (χ2n) is 7.28. The zero-order chi connectivity index (χ0) is 23.2. The molecule has 0 saturated heterocycles. The highest BCUT2D eigenvalue weighted by Gasteiger charge is 2.15. The van der Waals surface area contributed by atoms with Crippen molar-refractivity contribution >= 4 is 11.9 Å². The van der Waals surface area contributed by atoms with Crippen LogP contribution in [0.4, 0.5) is 0 Å². The first kappa shape index (κ1) is 28.8. The van der Waals surface area contributed by atoms with E-state index in [0.29, 0.717) is 12.8 Å².